The zero-order valence-electron chi connectivity index (χ0n) is 14.5. The van der Waals surface area contributed by atoms with Crippen molar-refractivity contribution in [1.29, 1.82) is 5.26 Å². The highest BCUT2D eigenvalue weighted by atomic mass is 15.2. The molecule has 0 N–H and O–H groups in total. The standard InChI is InChI=1S/C18H33N3/c1-17(2,3)21-12-8-16(9-13-21)20(4)15-18(14-19)10-6-5-7-11-18/h16H,5-13,15H2,1-4H3. The van der Waals surface area contributed by atoms with Crippen LogP contribution in [0.3, 0.4) is 0 Å². The number of likely N-dealkylation sites (tertiary alicyclic amines) is 1. The Morgan fingerprint density at radius 1 is 1.14 bits per heavy atom. The van der Waals surface area contributed by atoms with Crippen LogP contribution in [0.4, 0.5) is 0 Å². The van der Waals surface area contributed by atoms with Crippen molar-refractivity contribution in [2.24, 2.45) is 5.41 Å². The summed E-state index contributed by atoms with van der Waals surface area (Å²) in [6.07, 6.45) is 8.50. The minimum atomic E-state index is -0.0613. The van der Waals surface area contributed by atoms with Gasteiger partial charge in [0, 0.05) is 31.2 Å². The molecule has 1 saturated heterocycles. The summed E-state index contributed by atoms with van der Waals surface area (Å²) < 4.78 is 0. The zero-order valence-corrected chi connectivity index (χ0v) is 14.5. The van der Waals surface area contributed by atoms with Gasteiger partial charge in [0.1, 0.15) is 0 Å². The number of nitrogens with zero attached hydrogens (tertiary/aromatic N) is 3. The Labute approximate surface area is 131 Å². The van der Waals surface area contributed by atoms with Gasteiger partial charge in [0.25, 0.3) is 0 Å². The average molecular weight is 291 g/mol. The molecule has 0 atom stereocenters. The number of piperidine rings is 1. The Balaban J connectivity index is 1.87. The van der Waals surface area contributed by atoms with Crippen LogP contribution in [0.5, 0.6) is 0 Å². The predicted octanol–water partition coefficient (Wildman–Crippen LogP) is 3.66. The molecule has 3 nitrogen and oxygen atoms in total. The van der Waals surface area contributed by atoms with Gasteiger partial charge in [0.15, 0.2) is 0 Å². The van der Waals surface area contributed by atoms with Crippen LogP contribution < -0.4 is 0 Å². The highest BCUT2D eigenvalue weighted by Gasteiger charge is 2.36. The molecule has 21 heavy (non-hydrogen) atoms. The smallest absolute Gasteiger partial charge is 0.0703 e. The van der Waals surface area contributed by atoms with Gasteiger partial charge in [-0.25, -0.2) is 0 Å². The molecule has 0 aromatic rings. The van der Waals surface area contributed by atoms with Gasteiger partial charge in [-0.3, -0.25) is 4.90 Å². The molecule has 1 aliphatic carbocycles. The van der Waals surface area contributed by atoms with E-state index in [4.69, 9.17) is 0 Å². The van der Waals surface area contributed by atoms with E-state index in [2.05, 4.69) is 43.7 Å². The second kappa shape index (κ2) is 6.67. The van der Waals surface area contributed by atoms with Gasteiger partial charge in [-0.2, -0.15) is 5.26 Å². The van der Waals surface area contributed by atoms with E-state index >= 15 is 0 Å². The molecule has 2 aliphatic rings. The van der Waals surface area contributed by atoms with E-state index < -0.39 is 0 Å². The molecule has 0 spiro atoms. The lowest BCUT2D eigenvalue weighted by molar-refractivity contribution is 0.0499. The van der Waals surface area contributed by atoms with Crippen molar-refractivity contribution in [3.63, 3.8) is 0 Å². The second-order valence-electron chi connectivity index (χ2n) is 8.26. The summed E-state index contributed by atoms with van der Waals surface area (Å²) in [5.74, 6) is 0. The lowest BCUT2D eigenvalue weighted by Gasteiger charge is -2.44. The summed E-state index contributed by atoms with van der Waals surface area (Å²) in [6.45, 7) is 10.3. The monoisotopic (exact) mass is 291 g/mol. The Hall–Kier alpha value is -0.590. The molecule has 3 heteroatoms. The molecule has 0 bridgehead atoms. The first-order valence-corrected chi connectivity index (χ1v) is 8.73. The molecule has 2 fully saturated rings. The van der Waals surface area contributed by atoms with Crippen molar-refractivity contribution in [2.75, 3.05) is 26.7 Å². The zero-order chi connectivity index (χ0) is 15.5. The average Bonchev–Trinajstić information content (AvgIpc) is 2.47. The molecule has 0 unspecified atom stereocenters. The first kappa shape index (κ1) is 16.8. The van der Waals surface area contributed by atoms with Crippen LogP contribution in [0.1, 0.15) is 65.7 Å². The van der Waals surface area contributed by atoms with Gasteiger partial charge >= 0.3 is 0 Å². The third-order valence-electron chi connectivity index (χ3n) is 5.64. The van der Waals surface area contributed by atoms with Crippen LogP contribution in [0.15, 0.2) is 0 Å². The highest BCUT2D eigenvalue weighted by Crippen LogP contribution is 2.37. The van der Waals surface area contributed by atoms with Crippen LogP contribution in [-0.4, -0.2) is 48.1 Å². The Morgan fingerprint density at radius 3 is 2.19 bits per heavy atom. The van der Waals surface area contributed by atoms with E-state index in [1.165, 1.54) is 45.2 Å². The van der Waals surface area contributed by atoms with Gasteiger partial charge in [0.2, 0.25) is 0 Å². The molecular formula is C18H33N3. The molecule has 0 radical (unpaired) electrons. The van der Waals surface area contributed by atoms with Crippen molar-refractivity contribution in [3.8, 4) is 6.07 Å². The highest BCUT2D eigenvalue weighted by molar-refractivity contribution is 5.03. The topological polar surface area (TPSA) is 30.3 Å². The molecule has 1 saturated carbocycles. The maximum atomic E-state index is 9.65. The SMILES string of the molecule is CN(CC1(C#N)CCCCC1)C1CCN(C(C)(C)C)CC1. The first-order valence-electron chi connectivity index (χ1n) is 8.73. The van der Waals surface area contributed by atoms with E-state index in [1.54, 1.807) is 0 Å². The van der Waals surface area contributed by atoms with Gasteiger partial charge in [-0.05, 0) is 53.5 Å². The molecule has 0 aromatic heterocycles. The lowest BCUT2D eigenvalue weighted by atomic mass is 9.74. The fourth-order valence-electron chi connectivity index (χ4n) is 4.12. The second-order valence-corrected chi connectivity index (χ2v) is 8.26. The Bertz CT molecular complexity index is 363. The van der Waals surface area contributed by atoms with Crippen molar-refractivity contribution < 1.29 is 0 Å². The number of rotatable bonds is 3. The molecular weight excluding hydrogens is 258 g/mol. The van der Waals surface area contributed by atoms with E-state index in [9.17, 15) is 5.26 Å². The molecule has 0 amide bonds. The predicted molar refractivity (Wildman–Crippen MR) is 88.1 cm³/mol. The van der Waals surface area contributed by atoms with E-state index in [-0.39, 0.29) is 5.41 Å². The van der Waals surface area contributed by atoms with Crippen LogP contribution >= 0.6 is 0 Å². The van der Waals surface area contributed by atoms with Crippen LogP contribution in [0.2, 0.25) is 0 Å². The maximum absolute atomic E-state index is 9.65. The van der Waals surface area contributed by atoms with Crippen molar-refractivity contribution in [3.05, 3.63) is 0 Å². The Morgan fingerprint density at radius 2 is 1.71 bits per heavy atom. The van der Waals surface area contributed by atoms with E-state index in [1.807, 2.05) is 0 Å². The summed E-state index contributed by atoms with van der Waals surface area (Å²) in [5.41, 5.74) is 0.231. The fraction of sp³-hybridized carbons (Fsp3) is 0.944. The van der Waals surface area contributed by atoms with Crippen LogP contribution in [0.25, 0.3) is 0 Å². The molecule has 1 heterocycles. The van der Waals surface area contributed by atoms with Crippen LogP contribution in [-0.2, 0) is 0 Å². The normalized spacial score (nSPS) is 25.0. The number of hydrogen-bond acceptors (Lipinski definition) is 3. The number of nitriles is 1. The van der Waals surface area contributed by atoms with E-state index in [0.717, 1.165) is 19.4 Å². The summed E-state index contributed by atoms with van der Waals surface area (Å²) in [5, 5.41) is 9.65. The molecule has 1 aliphatic heterocycles. The quantitative estimate of drug-likeness (QED) is 0.795. The third-order valence-corrected chi connectivity index (χ3v) is 5.64. The lowest BCUT2D eigenvalue weighted by Crippen LogP contribution is -2.51. The summed E-state index contributed by atoms with van der Waals surface area (Å²) in [4.78, 5) is 5.09. The largest absolute Gasteiger partial charge is 0.302 e. The van der Waals surface area contributed by atoms with Gasteiger partial charge in [-0.1, -0.05) is 19.3 Å². The summed E-state index contributed by atoms with van der Waals surface area (Å²) in [6, 6.07) is 3.33. The van der Waals surface area contributed by atoms with Crippen molar-refractivity contribution in [1.82, 2.24) is 9.80 Å². The first-order chi connectivity index (χ1) is 9.86. The fourth-order valence-corrected chi connectivity index (χ4v) is 4.12. The minimum absolute atomic E-state index is 0.0613. The van der Waals surface area contributed by atoms with Crippen molar-refractivity contribution in [2.45, 2.75) is 77.3 Å². The summed E-state index contributed by atoms with van der Waals surface area (Å²) >= 11 is 0. The minimum Gasteiger partial charge on any atom is -0.302 e. The van der Waals surface area contributed by atoms with Gasteiger partial charge < -0.3 is 4.90 Å². The van der Waals surface area contributed by atoms with Crippen molar-refractivity contribution >= 4 is 0 Å². The third kappa shape index (κ3) is 4.20. The molecule has 0 aromatic carbocycles. The Kier molecular flexibility index (Phi) is 5.33. The summed E-state index contributed by atoms with van der Waals surface area (Å²) in [7, 11) is 2.24. The van der Waals surface area contributed by atoms with E-state index in [0.29, 0.717) is 11.6 Å². The van der Waals surface area contributed by atoms with Gasteiger partial charge in [-0.15, -0.1) is 0 Å². The molecule has 120 valence electrons. The number of hydrogen-bond donors (Lipinski definition) is 0. The van der Waals surface area contributed by atoms with Crippen LogP contribution in [0, 0.1) is 16.7 Å². The molecule has 2 rings (SSSR count). The van der Waals surface area contributed by atoms with Gasteiger partial charge in [0.05, 0.1) is 11.5 Å². The maximum Gasteiger partial charge on any atom is 0.0703 e.